The Morgan fingerprint density at radius 3 is 1.35 bits per heavy atom. The number of unbranched alkanes of at least 4 members (excludes halogenated alkanes) is 29. The zero-order valence-electron chi connectivity index (χ0n) is 41.7. The van der Waals surface area contributed by atoms with E-state index < -0.39 is 18.2 Å². The molecule has 0 rings (SSSR count). The molecule has 0 aliphatic carbocycles. The number of carbonyl (C=O) groups excluding carboxylic acids is 2. The summed E-state index contributed by atoms with van der Waals surface area (Å²) in [5, 5.41) is 23.8. The van der Waals surface area contributed by atoms with Crippen LogP contribution in [0.2, 0.25) is 0 Å². The van der Waals surface area contributed by atoms with Gasteiger partial charge in [0.05, 0.1) is 25.2 Å². The Labute approximate surface area is 390 Å². The molecular weight excluding hydrogens is 779 g/mol. The largest absolute Gasteiger partial charge is 0.462 e. The van der Waals surface area contributed by atoms with Crippen LogP contribution in [0.25, 0.3) is 0 Å². The maximum Gasteiger partial charge on any atom is 0.306 e. The van der Waals surface area contributed by atoms with Crippen molar-refractivity contribution in [3.05, 3.63) is 60.8 Å². The summed E-state index contributed by atoms with van der Waals surface area (Å²) in [6.07, 6.45) is 62.8. The van der Waals surface area contributed by atoms with Crippen LogP contribution in [0.4, 0.5) is 0 Å². The summed E-state index contributed by atoms with van der Waals surface area (Å²) >= 11 is 0. The minimum Gasteiger partial charge on any atom is -0.462 e. The van der Waals surface area contributed by atoms with Crippen molar-refractivity contribution in [3.8, 4) is 0 Å². The number of amides is 1. The van der Waals surface area contributed by atoms with Gasteiger partial charge in [-0.15, -0.1) is 0 Å². The van der Waals surface area contributed by atoms with E-state index in [0.717, 1.165) is 70.6 Å². The maximum absolute atomic E-state index is 13.2. The number of aliphatic hydroxyl groups is 2. The number of aliphatic hydroxyl groups excluding tert-OH is 2. The fourth-order valence-corrected chi connectivity index (χ4v) is 8.08. The molecule has 0 heterocycles. The highest BCUT2D eigenvalue weighted by Crippen LogP contribution is 2.18. The van der Waals surface area contributed by atoms with Crippen LogP contribution in [-0.2, 0) is 14.3 Å². The molecule has 1 amide bonds. The monoisotopic (exact) mass is 882 g/mol. The molecule has 0 saturated carbocycles. The first kappa shape index (κ1) is 60.6. The van der Waals surface area contributed by atoms with Crippen LogP contribution in [0, 0.1) is 0 Å². The lowest BCUT2D eigenvalue weighted by Gasteiger charge is -2.24. The van der Waals surface area contributed by atoms with E-state index in [1.807, 2.05) is 24.3 Å². The molecule has 0 aliphatic rings. The third-order valence-electron chi connectivity index (χ3n) is 12.2. The van der Waals surface area contributed by atoms with E-state index in [9.17, 15) is 19.8 Å². The summed E-state index contributed by atoms with van der Waals surface area (Å²) in [6, 6.07) is -0.712. The SMILES string of the molecule is CC/C=C/C=C/C=C\C=C/CCCCCC(=O)OC(CCCCCCCCC/C=C/CCCCCCCC)CC(=O)NC(CO)C(O)CCCCCCCCCCCCCCCC. The summed E-state index contributed by atoms with van der Waals surface area (Å²) in [6.45, 7) is 6.34. The van der Waals surface area contributed by atoms with Crippen molar-refractivity contribution in [2.75, 3.05) is 6.61 Å². The maximum atomic E-state index is 13.2. The molecule has 0 saturated heterocycles. The molecule has 3 N–H and O–H groups in total. The molecule has 0 fully saturated rings. The van der Waals surface area contributed by atoms with Crippen molar-refractivity contribution in [2.45, 2.75) is 283 Å². The zero-order valence-corrected chi connectivity index (χ0v) is 41.7. The summed E-state index contributed by atoms with van der Waals surface area (Å²) in [5.41, 5.74) is 0. The van der Waals surface area contributed by atoms with Crippen LogP contribution < -0.4 is 5.32 Å². The molecule has 0 aromatic heterocycles. The molecule has 0 aliphatic heterocycles. The average Bonchev–Trinajstić information content (AvgIpc) is 3.28. The topological polar surface area (TPSA) is 95.9 Å². The van der Waals surface area contributed by atoms with Gasteiger partial charge in [-0.2, -0.15) is 0 Å². The third kappa shape index (κ3) is 45.9. The van der Waals surface area contributed by atoms with Crippen molar-refractivity contribution in [3.63, 3.8) is 0 Å². The van der Waals surface area contributed by atoms with E-state index >= 15 is 0 Å². The fourth-order valence-electron chi connectivity index (χ4n) is 8.08. The van der Waals surface area contributed by atoms with E-state index in [2.05, 4.69) is 62.5 Å². The lowest BCUT2D eigenvalue weighted by Crippen LogP contribution is -2.46. The molecule has 0 radical (unpaired) electrons. The second kappa shape index (κ2) is 50.6. The van der Waals surface area contributed by atoms with Crippen LogP contribution >= 0.6 is 0 Å². The van der Waals surface area contributed by atoms with Gasteiger partial charge in [0.15, 0.2) is 0 Å². The lowest BCUT2D eigenvalue weighted by molar-refractivity contribution is -0.151. The number of hydrogen-bond acceptors (Lipinski definition) is 5. The highest BCUT2D eigenvalue weighted by molar-refractivity contribution is 5.77. The zero-order chi connectivity index (χ0) is 45.9. The molecule has 3 unspecified atom stereocenters. The molecule has 3 atom stereocenters. The Morgan fingerprint density at radius 1 is 0.476 bits per heavy atom. The number of rotatable bonds is 48. The van der Waals surface area contributed by atoms with Crippen LogP contribution in [0.5, 0.6) is 0 Å². The number of allylic oxidation sites excluding steroid dienone is 10. The summed E-state index contributed by atoms with van der Waals surface area (Å²) in [4.78, 5) is 26.2. The predicted octanol–water partition coefficient (Wildman–Crippen LogP) is 16.4. The van der Waals surface area contributed by atoms with Gasteiger partial charge in [0, 0.05) is 6.42 Å². The van der Waals surface area contributed by atoms with Gasteiger partial charge in [0.2, 0.25) is 5.91 Å². The minimum atomic E-state index is -0.797. The molecule has 0 spiro atoms. The minimum absolute atomic E-state index is 0.0581. The van der Waals surface area contributed by atoms with Crippen molar-refractivity contribution in [1.82, 2.24) is 5.32 Å². The second-order valence-corrected chi connectivity index (χ2v) is 18.3. The first-order valence-corrected chi connectivity index (χ1v) is 27.1. The van der Waals surface area contributed by atoms with Crippen molar-refractivity contribution in [1.29, 1.82) is 0 Å². The van der Waals surface area contributed by atoms with Gasteiger partial charge in [0.1, 0.15) is 6.10 Å². The molecular formula is C57H103NO5. The molecule has 0 bridgehead atoms. The Balaban J connectivity index is 4.62. The Bertz CT molecular complexity index is 1130. The Kier molecular flexibility index (Phi) is 48.6. The quantitative estimate of drug-likeness (QED) is 0.0245. The third-order valence-corrected chi connectivity index (χ3v) is 12.2. The standard InChI is InChI=1S/C57H103NO5/c1-4-7-10-13-16-19-22-25-27-28-29-31-33-36-39-42-45-48-53(63-57(62)50-47-44-41-38-35-30-24-21-18-15-12-9-6-3)51-56(61)58-54(52-59)55(60)49-46-43-40-37-34-32-26-23-20-17-14-11-8-5-2/h9,12,15,18,21,24-25,27,30,35,53-55,59-60H,4-8,10-11,13-14,16-17,19-20,22-23,26,28-29,31-34,36-52H2,1-3H3,(H,58,61)/b12-9+,18-15+,24-21-,27-25+,35-30-. The average molecular weight is 882 g/mol. The van der Waals surface area contributed by atoms with Gasteiger partial charge in [-0.05, 0) is 70.6 Å². The highest BCUT2D eigenvalue weighted by atomic mass is 16.5. The molecule has 0 aromatic carbocycles. The first-order chi connectivity index (χ1) is 31.0. The normalized spacial score (nSPS) is 13.7. The molecule has 6 nitrogen and oxygen atoms in total. The number of nitrogens with one attached hydrogen (secondary N) is 1. The van der Waals surface area contributed by atoms with E-state index in [4.69, 9.17) is 4.74 Å². The van der Waals surface area contributed by atoms with E-state index in [1.165, 1.54) is 148 Å². The van der Waals surface area contributed by atoms with Gasteiger partial charge >= 0.3 is 5.97 Å². The van der Waals surface area contributed by atoms with Gasteiger partial charge in [-0.3, -0.25) is 9.59 Å². The first-order valence-electron chi connectivity index (χ1n) is 27.1. The fraction of sp³-hybridized carbons (Fsp3) is 0.789. The Morgan fingerprint density at radius 2 is 0.873 bits per heavy atom. The van der Waals surface area contributed by atoms with Crippen LogP contribution in [-0.4, -0.2) is 46.9 Å². The molecule has 0 aromatic rings. The Hall–Kier alpha value is -2.44. The molecule has 63 heavy (non-hydrogen) atoms. The van der Waals surface area contributed by atoms with Gasteiger partial charge in [-0.25, -0.2) is 0 Å². The van der Waals surface area contributed by atoms with Crippen molar-refractivity contribution in [2.24, 2.45) is 0 Å². The van der Waals surface area contributed by atoms with Gasteiger partial charge < -0.3 is 20.3 Å². The highest BCUT2D eigenvalue weighted by Gasteiger charge is 2.24. The van der Waals surface area contributed by atoms with Gasteiger partial charge in [-0.1, -0.05) is 242 Å². The number of carbonyl (C=O) groups is 2. The summed E-state index contributed by atoms with van der Waals surface area (Å²) in [5.74, 6) is -0.519. The van der Waals surface area contributed by atoms with E-state index in [0.29, 0.717) is 19.3 Å². The van der Waals surface area contributed by atoms with Crippen LogP contribution in [0.15, 0.2) is 60.8 Å². The lowest BCUT2D eigenvalue weighted by atomic mass is 10.0. The molecule has 366 valence electrons. The predicted molar refractivity (Wildman–Crippen MR) is 273 cm³/mol. The van der Waals surface area contributed by atoms with Gasteiger partial charge in [0.25, 0.3) is 0 Å². The number of esters is 1. The van der Waals surface area contributed by atoms with E-state index in [1.54, 1.807) is 0 Å². The van der Waals surface area contributed by atoms with Crippen LogP contribution in [0.3, 0.4) is 0 Å². The second-order valence-electron chi connectivity index (χ2n) is 18.3. The number of ether oxygens (including phenoxy) is 1. The molecule has 6 heteroatoms. The van der Waals surface area contributed by atoms with E-state index in [-0.39, 0.29) is 24.9 Å². The van der Waals surface area contributed by atoms with Crippen molar-refractivity contribution >= 4 is 11.9 Å². The smallest absolute Gasteiger partial charge is 0.306 e. The summed E-state index contributed by atoms with van der Waals surface area (Å²) in [7, 11) is 0. The van der Waals surface area contributed by atoms with Crippen LogP contribution in [0.1, 0.15) is 265 Å². The van der Waals surface area contributed by atoms with Crippen molar-refractivity contribution < 1.29 is 24.5 Å². The summed E-state index contributed by atoms with van der Waals surface area (Å²) < 4.78 is 5.92. The number of hydrogen-bond donors (Lipinski definition) is 3.